The largest absolute Gasteiger partial charge is 0.305 e. The number of halogens is 2. The molecule has 1 unspecified atom stereocenters. The molecule has 0 radical (unpaired) electrons. The van der Waals surface area contributed by atoms with Gasteiger partial charge in [0.05, 0.1) is 28.0 Å². The normalized spacial score (nSPS) is 12.6. The second kappa shape index (κ2) is 7.07. The minimum absolute atomic E-state index is 0.0737. The first-order valence-electron chi connectivity index (χ1n) is 6.72. The van der Waals surface area contributed by atoms with E-state index in [-0.39, 0.29) is 6.04 Å². The molecule has 2 rings (SSSR count). The van der Waals surface area contributed by atoms with Crippen molar-refractivity contribution < 1.29 is 0 Å². The van der Waals surface area contributed by atoms with Gasteiger partial charge in [0.15, 0.2) is 0 Å². The summed E-state index contributed by atoms with van der Waals surface area (Å²) in [6.45, 7) is 5.89. The summed E-state index contributed by atoms with van der Waals surface area (Å²) >= 11 is 12.2. The van der Waals surface area contributed by atoms with Crippen molar-refractivity contribution in [1.29, 1.82) is 0 Å². The Morgan fingerprint density at radius 2 is 2.10 bits per heavy atom. The molecule has 20 heavy (non-hydrogen) atoms. The number of rotatable bonds is 6. The summed E-state index contributed by atoms with van der Waals surface area (Å²) in [5.41, 5.74) is 1.82. The summed E-state index contributed by atoms with van der Waals surface area (Å²) in [6, 6.07) is 1.64. The van der Waals surface area contributed by atoms with Gasteiger partial charge in [0.25, 0.3) is 0 Å². The highest BCUT2D eigenvalue weighted by Gasteiger charge is 2.19. The van der Waals surface area contributed by atoms with Crippen LogP contribution >= 0.6 is 23.2 Å². The molecule has 0 bridgehead atoms. The van der Waals surface area contributed by atoms with Gasteiger partial charge in [0.2, 0.25) is 0 Å². The van der Waals surface area contributed by atoms with Crippen LogP contribution in [0.25, 0.3) is 0 Å². The van der Waals surface area contributed by atoms with E-state index in [0.717, 1.165) is 30.8 Å². The van der Waals surface area contributed by atoms with Crippen molar-refractivity contribution in [3.63, 3.8) is 0 Å². The molecule has 0 spiro atoms. The maximum Gasteiger partial charge on any atom is 0.0806 e. The Balaban J connectivity index is 2.34. The average molecular weight is 313 g/mol. The highest BCUT2D eigenvalue weighted by Crippen LogP contribution is 2.28. The average Bonchev–Trinajstić information content (AvgIpc) is 2.86. The van der Waals surface area contributed by atoms with Crippen LogP contribution < -0.4 is 5.32 Å². The molecule has 2 heterocycles. The number of nitrogens with one attached hydrogen (secondary N) is 1. The van der Waals surface area contributed by atoms with Crippen LogP contribution in [-0.2, 0) is 6.54 Å². The molecule has 1 atom stereocenters. The van der Waals surface area contributed by atoms with E-state index in [1.165, 1.54) is 0 Å². The van der Waals surface area contributed by atoms with Crippen LogP contribution in [0.1, 0.15) is 37.6 Å². The molecule has 0 aromatic carbocycles. The standard InChI is InChI=1S/C14H18Cl2N4/c1-3-5-20-9-10(7-19-20)13(17-4-2)14-12(16)6-11(15)8-18-14/h6-9,13,17H,3-5H2,1-2H3. The molecule has 108 valence electrons. The van der Waals surface area contributed by atoms with Crippen LogP contribution in [0.4, 0.5) is 0 Å². The minimum Gasteiger partial charge on any atom is -0.305 e. The molecule has 0 aliphatic carbocycles. The smallest absolute Gasteiger partial charge is 0.0806 e. The van der Waals surface area contributed by atoms with E-state index in [4.69, 9.17) is 23.2 Å². The van der Waals surface area contributed by atoms with Crippen LogP contribution in [0.5, 0.6) is 0 Å². The van der Waals surface area contributed by atoms with Crippen molar-refractivity contribution in [2.75, 3.05) is 6.54 Å². The van der Waals surface area contributed by atoms with Gasteiger partial charge in [0.1, 0.15) is 0 Å². The van der Waals surface area contributed by atoms with Crippen LogP contribution in [-0.4, -0.2) is 21.3 Å². The van der Waals surface area contributed by atoms with Gasteiger partial charge >= 0.3 is 0 Å². The van der Waals surface area contributed by atoms with E-state index in [0.29, 0.717) is 10.0 Å². The summed E-state index contributed by atoms with van der Waals surface area (Å²) in [6.07, 6.45) is 6.55. The molecule has 2 aromatic heterocycles. The van der Waals surface area contributed by atoms with E-state index >= 15 is 0 Å². The van der Waals surface area contributed by atoms with E-state index in [9.17, 15) is 0 Å². The number of aryl methyl sites for hydroxylation is 1. The molecule has 1 N–H and O–H groups in total. The Morgan fingerprint density at radius 1 is 1.30 bits per heavy atom. The van der Waals surface area contributed by atoms with Crippen molar-refractivity contribution in [3.8, 4) is 0 Å². The fourth-order valence-electron chi connectivity index (χ4n) is 2.09. The van der Waals surface area contributed by atoms with Crippen molar-refractivity contribution in [2.45, 2.75) is 32.9 Å². The lowest BCUT2D eigenvalue weighted by Gasteiger charge is -2.17. The summed E-state index contributed by atoms with van der Waals surface area (Å²) < 4.78 is 1.93. The van der Waals surface area contributed by atoms with E-state index in [1.807, 2.05) is 24.0 Å². The van der Waals surface area contributed by atoms with Gasteiger partial charge in [-0.1, -0.05) is 37.0 Å². The zero-order chi connectivity index (χ0) is 14.5. The fraction of sp³-hybridized carbons (Fsp3) is 0.429. The molecule has 0 fully saturated rings. The third kappa shape index (κ3) is 3.51. The SMILES string of the molecule is CCCn1cc(C(NCC)c2ncc(Cl)cc2Cl)cn1. The highest BCUT2D eigenvalue weighted by atomic mass is 35.5. The van der Waals surface area contributed by atoms with Crippen molar-refractivity contribution >= 4 is 23.2 Å². The predicted octanol–water partition coefficient (Wildman–Crippen LogP) is 3.69. The van der Waals surface area contributed by atoms with Gasteiger partial charge in [-0.3, -0.25) is 9.67 Å². The van der Waals surface area contributed by atoms with Crippen molar-refractivity contribution in [2.24, 2.45) is 0 Å². The van der Waals surface area contributed by atoms with Crippen LogP contribution in [0, 0.1) is 0 Å². The highest BCUT2D eigenvalue weighted by molar-refractivity contribution is 6.34. The van der Waals surface area contributed by atoms with E-state index in [1.54, 1.807) is 12.3 Å². The third-order valence-corrected chi connectivity index (χ3v) is 3.47. The van der Waals surface area contributed by atoms with Gasteiger partial charge in [-0.05, 0) is 19.0 Å². The number of pyridine rings is 1. The summed E-state index contributed by atoms with van der Waals surface area (Å²) in [7, 11) is 0. The van der Waals surface area contributed by atoms with Crippen LogP contribution in [0.2, 0.25) is 10.0 Å². The Hall–Kier alpha value is -1.10. The van der Waals surface area contributed by atoms with Crippen LogP contribution in [0.3, 0.4) is 0 Å². The molecule has 4 nitrogen and oxygen atoms in total. The van der Waals surface area contributed by atoms with E-state index < -0.39 is 0 Å². The van der Waals surface area contributed by atoms with Crippen LogP contribution in [0.15, 0.2) is 24.7 Å². The Morgan fingerprint density at radius 3 is 2.75 bits per heavy atom. The van der Waals surface area contributed by atoms with E-state index in [2.05, 4.69) is 22.3 Å². The topological polar surface area (TPSA) is 42.7 Å². The predicted molar refractivity (Wildman–Crippen MR) is 82.3 cm³/mol. The molecule has 0 saturated carbocycles. The first kappa shape index (κ1) is 15.3. The quantitative estimate of drug-likeness (QED) is 0.884. The lowest BCUT2D eigenvalue weighted by molar-refractivity contribution is 0.594. The maximum atomic E-state index is 6.26. The van der Waals surface area contributed by atoms with Gasteiger partial charge < -0.3 is 5.32 Å². The number of nitrogens with zero attached hydrogens (tertiary/aromatic N) is 3. The monoisotopic (exact) mass is 312 g/mol. The summed E-state index contributed by atoms with van der Waals surface area (Å²) in [4.78, 5) is 4.36. The second-order valence-corrected chi connectivity index (χ2v) is 5.39. The van der Waals surface area contributed by atoms with Crippen molar-refractivity contribution in [3.05, 3.63) is 46.0 Å². The lowest BCUT2D eigenvalue weighted by atomic mass is 10.1. The Kier molecular flexibility index (Phi) is 5.40. The minimum atomic E-state index is -0.0737. The summed E-state index contributed by atoms with van der Waals surface area (Å²) in [5.74, 6) is 0. The lowest BCUT2D eigenvalue weighted by Crippen LogP contribution is -2.23. The molecule has 0 saturated heterocycles. The molecule has 0 amide bonds. The van der Waals surface area contributed by atoms with Gasteiger partial charge in [-0.15, -0.1) is 0 Å². The van der Waals surface area contributed by atoms with Gasteiger partial charge in [0, 0.05) is 24.5 Å². The van der Waals surface area contributed by atoms with Gasteiger partial charge in [-0.2, -0.15) is 5.10 Å². The molecule has 2 aromatic rings. The number of hydrogen-bond donors (Lipinski definition) is 1. The number of aromatic nitrogens is 3. The molecule has 6 heteroatoms. The zero-order valence-corrected chi connectivity index (χ0v) is 13.1. The maximum absolute atomic E-state index is 6.26. The zero-order valence-electron chi connectivity index (χ0n) is 11.6. The Bertz CT molecular complexity index is 568. The molecule has 0 aliphatic heterocycles. The fourth-order valence-corrected chi connectivity index (χ4v) is 2.58. The second-order valence-electron chi connectivity index (χ2n) is 4.55. The first-order chi connectivity index (χ1) is 9.65. The Labute approximate surface area is 129 Å². The third-order valence-electron chi connectivity index (χ3n) is 2.96. The van der Waals surface area contributed by atoms with Crippen molar-refractivity contribution in [1.82, 2.24) is 20.1 Å². The number of hydrogen-bond acceptors (Lipinski definition) is 3. The molecule has 0 aliphatic rings. The molecular formula is C14H18Cl2N4. The first-order valence-corrected chi connectivity index (χ1v) is 7.48. The van der Waals surface area contributed by atoms with Gasteiger partial charge in [-0.25, -0.2) is 0 Å². The summed E-state index contributed by atoms with van der Waals surface area (Å²) in [5, 5.41) is 8.85. The molecular weight excluding hydrogens is 295 g/mol.